The molecule has 0 spiro atoms. The zero-order valence-electron chi connectivity index (χ0n) is 21.9. The Morgan fingerprint density at radius 2 is 1.56 bits per heavy atom. The highest BCUT2D eigenvalue weighted by atomic mass is 16.7. The number of phenolic OH excluding ortho intramolecular Hbond substituents is 2. The van der Waals surface area contributed by atoms with Crippen LogP contribution in [0.25, 0.3) is 6.08 Å². The van der Waals surface area contributed by atoms with Crippen molar-refractivity contribution in [3.05, 3.63) is 65.7 Å². The molecule has 0 amide bonds. The van der Waals surface area contributed by atoms with Gasteiger partial charge in [0.1, 0.15) is 48.6 Å². The molecule has 13 heteroatoms. The van der Waals surface area contributed by atoms with E-state index in [-0.39, 0.29) is 18.1 Å². The van der Waals surface area contributed by atoms with E-state index in [1.165, 1.54) is 30.3 Å². The fourth-order valence-electron chi connectivity index (χ4n) is 4.25. The lowest BCUT2D eigenvalue weighted by molar-refractivity contribution is -0.309. The Morgan fingerprint density at radius 3 is 2.24 bits per heavy atom. The number of aromatic hydroxyl groups is 2. The zero-order chi connectivity index (χ0) is 29.6. The molecule has 2 saturated heterocycles. The quantitative estimate of drug-likeness (QED) is 0.129. The van der Waals surface area contributed by atoms with Gasteiger partial charge in [0.25, 0.3) is 0 Å². The summed E-state index contributed by atoms with van der Waals surface area (Å²) in [4.78, 5) is 12.1. The number of esters is 1. The van der Waals surface area contributed by atoms with Gasteiger partial charge >= 0.3 is 5.97 Å². The van der Waals surface area contributed by atoms with Gasteiger partial charge in [-0.1, -0.05) is 24.3 Å². The number of aliphatic hydroxyl groups excluding tert-OH is 4. The van der Waals surface area contributed by atoms with Crippen LogP contribution < -0.4 is 0 Å². The standard InChI is InChI=1S/C28H34O13/c29-18-6-1-16(2-7-18)5-10-21(31)39-14-28(36)15-40-27(25(28)35)38-13-20-22(32)23(33)24(34)26(41-20)37-12-11-17-3-8-19(30)9-4-17/h1-10,20,22-27,29-30,32-36H,11-15H2/b10-5+. The number of carbonyl (C=O) groups is 1. The SMILES string of the molecule is O=C(/C=C/c1ccc(O)cc1)OCC1(O)COC(OCC2OC(OCCc3ccc(O)cc3)C(O)C(O)C2O)C1O. The normalized spacial score (nSPS) is 31.9. The Bertz CT molecular complexity index is 1150. The monoisotopic (exact) mass is 578 g/mol. The molecule has 2 fully saturated rings. The molecule has 4 rings (SSSR count). The molecule has 224 valence electrons. The summed E-state index contributed by atoms with van der Waals surface area (Å²) in [6.07, 6.45) is -7.20. The van der Waals surface area contributed by atoms with Gasteiger partial charge in [-0.25, -0.2) is 4.79 Å². The average Bonchev–Trinajstić information content (AvgIpc) is 3.25. The molecule has 7 N–H and O–H groups in total. The Balaban J connectivity index is 1.24. The van der Waals surface area contributed by atoms with E-state index in [1.807, 2.05) is 0 Å². The van der Waals surface area contributed by atoms with Gasteiger partial charge in [-0.3, -0.25) is 0 Å². The van der Waals surface area contributed by atoms with Crippen LogP contribution >= 0.6 is 0 Å². The molecular weight excluding hydrogens is 544 g/mol. The smallest absolute Gasteiger partial charge is 0.330 e. The Morgan fingerprint density at radius 1 is 0.902 bits per heavy atom. The number of hydrogen-bond donors (Lipinski definition) is 7. The summed E-state index contributed by atoms with van der Waals surface area (Å²) < 4.78 is 27.0. The van der Waals surface area contributed by atoms with Crippen LogP contribution in [0.3, 0.4) is 0 Å². The van der Waals surface area contributed by atoms with Crippen LogP contribution in [0.4, 0.5) is 0 Å². The minimum atomic E-state index is -1.98. The molecule has 2 aromatic carbocycles. The lowest BCUT2D eigenvalue weighted by atomic mass is 9.99. The van der Waals surface area contributed by atoms with Crippen molar-refractivity contribution >= 4 is 12.0 Å². The molecule has 8 atom stereocenters. The molecule has 2 aliphatic rings. The van der Waals surface area contributed by atoms with Crippen molar-refractivity contribution in [1.82, 2.24) is 0 Å². The fourth-order valence-corrected chi connectivity index (χ4v) is 4.25. The van der Waals surface area contributed by atoms with Gasteiger partial charge in [-0.05, 0) is 47.9 Å². The predicted octanol–water partition coefficient (Wildman–Crippen LogP) is -0.814. The maximum atomic E-state index is 12.1. The number of hydrogen-bond acceptors (Lipinski definition) is 13. The Labute approximate surface area is 235 Å². The van der Waals surface area contributed by atoms with Gasteiger partial charge in [-0.2, -0.15) is 0 Å². The van der Waals surface area contributed by atoms with Gasteiger partial charge in [0.05, 0.1) is 19.8 Å². The van der Waals surface area contributed by atoms with Gasteiger partial charge in [-0.15, -0.1) is 0 Å². The van der Waals surface area contributed by atoms with Crippen molar-refractivity contribution in [3.8, 4) is 11.5 Å². The topological polar surface area (TPSA) is 205 Å². The first-order valence-corrected chi connectivity index (χ1v) is 12.9. The summed E-state index contributed by atoms with van der Waals surface area (Å²) in [5.74, 6) is -0.589. The van der Waals surface area contributed by atoms with E-state index < -0.39 is 74.5 Å². The van der Waals surface area contributed by atoms with E-state index in [1.54, 1.807) is 24.3 Å². The van der Waals surface area contributed by atoms with Crippen LogP contribution in [0, 0.1) is 0 Å². The molecule has 8 unspecified atom stereocenters. The molecule has 0 radical (unpaired) electrons. The lowest BCUT2D eigenvalue weighted by Gasteiger charge is -2.40. The van der Waals surface area contributed by atoms with Crippen LogP contribution in [0.5, 0.6) is 11.5 Å². The van der Waals surface area contributed by atoms with E-state index in [9.17, 15) is 40.5 Å². The van der Waals surface area contributed by atoms with E-state index in [0.717, 1.165) is 11.6 Å². The lowest BCUT2D eigenvalue weighted by Crippen LogP contribution is -2.59. The predicted molar refractivity (Wildman–Crippen MR) is 139 cm³/mol. The van der Waals surface area contributed by atoms with E-state index in [4.69, 9.17) is 23.7 Å². The Hall–Kier alpha value is -3.11. The first kappa shape index (κ1) is 30.8. The van der Waals surface area contributed by atoms with E-state index in [0.29, 0.717) is 12.0 Å². The van der Waals surface area contributed by atoms with Crippen LogP contribution in [-0.2, 0) is 34.9 Å². The maximum absolute atomic E-state index is 12.1. The molecule has 0 aromatic heterocycles. The van der Waals surface area contributed by atoms with Gasteiger partial charge in [0.15, 0.2) is 18.2 Å². The number of aliphatic hydroxyl groups is 5. The van der Waals surface area contributed by atoms with E-state index in [2.05, 4.69) is 0 Å². The molecule has 13 nitrogen and oxygen atoms in total. The van der Waals surface area contributed by atoms with Crippen LogP contribution in [0.2, 0.25) is 0 Å². The minimum absolute atomic E-state index is 0.0763. The second kappa shape index (κ2) is 13.7. The van der Waals surface area contributed by atoms with Crippen molar-refractivity contribution in [2.24, 2.45) is 0 Å². The Kier molecular flexibility index (Phi) is 10.3. The maximum Gasteiger partial charge on any atom is 0.330 e. The van der Waals surface area contributed by atoms with Crippen molar-refractivity contribution in [2.45, 2.75) is 55.1 Å². The largest absolute Gasteiger partial charge is 0.508 e. The molecule has 0 aliphatic carbocycles. The van der Waals surface area contributed by atoms with Crippen LogP contribution in [0.15, 0.2) is 54.6 Å². The highest BCUT2D eigenvalue weighted by molar-refractivity contribution is 5.87. The molecule has 41 heavy (non-hydrogen) atoms. The number of ether oxygens (including phenoxy) is 5. The van der Waals surface area contributed by atoms with E-state index >= 15 is 0 Å². The number of rotatable bonds is 11. The van der Waals surface area contributed by atoms with Gasteiger partial charge < -0.3 is 59.4 Å². The third-order valence-corrected chi connectivity index (χ3v) is 6.78. The summed E-state index contributed by atoms with van der Waals surface area (Å²) >= 11 is 0. The first-order valence-electron chi connectivity index (χ1n) is 12.9. The first-order chi connectivity index (χ1) is 19.6. The highest BCUT2D eigenvalue weighted by Gasteiger charge is 2.51. The second-order valence-corrected chi connectivity index (χ2v) is 9.90. The van der Waals surface area contributed by atoms with Crippen molar-refractivity contribution < 1.29 is 64.2 Å². The summed E-state index contributed by atoms with van der Waals surface area (Å²) in [5, 5.41) is 70.9. The van der Waals surface area contributed by atoms with Crippen LogP contribution in [0.1, 0.15) is 11.1 Å². The van der Waals surface area contributed by atoms with Crippen molar-refractivity contribution in [3.63, 3.8) is 0 Å². The molecule has 2 heterocycles. The summed E-state index contributed by atoms with van der Waals surface area (Å²) in [6.45, 7) is -1.33. The molecular formula is C28H34O13. The fraction of sp³-hybridized carbons (Fsp3) is 0.464. The number of carbonyl (C=O) groups excluding carboxylic acids is 1. The summed E-state index contributed by atoms with van der Waals surface area (Å²) in [5.41, 5.74) is -0.493. The molecule has 2 aromatic rings. The molecule has 2 aliphatic heterocycles. The third-order valence-electron chi connectivity index (χ3n) is 6.78. The summed E-state index contributed by atoms with van der Waals surface area (Å²) in [6, 6.07) is 12.5. The third kappa shape index (κ3) is 8.01. The number of phenols is 2. The number of benzene rings is 2. The highest BCUT2D eigenvalue weighted by Crippen LogP contribution is 2.28. The second-order valence-electron chi connectivity index (χ2n) is 9.90. The van der Waals surface area contributed by atoms with Crippen molar-refractivity contribution in [1.29, 1.82) is 0 Å². The summed E-state index contributed by atoms with van der Waals surface area (Å²) in [7, 11) is 0. The zero-order valence-corrected chi connectivity index (χ0v) is 21.9. The van der Waals surface area contributed by atoms with Gasteiger partial charge in [0, 0.05) is 6.08 Å². The average molecular weight is 579 g/mol. The van der Waals surface area contributed by atoms with Crippen molar-refractivity contribution in [2.75, 3.05) is 26.4 Å². The van der Waals surface area contributed by atoms with Crippen LogP contribution in [-0.4, -0.2) is 117 Å². The minimum Gasteiger partial charge on any atom is -0.508 e. The molecule has 0 bridgehead atoms. The molecule has 0 saturated carbocycles. The van der Waals surface area contributed by atoms with Gasteiger partial charge in [0.2, 0.25) is 0 Å².